The van der Waals surface area contributed by atoms with E-state index in [9.17, 15) is 18.0 Å². The highest BCUT2D eigenvalue weighted by molar-refractivity contribution is 7.91. The second-order valence-corrected chi connectivity index (χ2v) is 9.41. The zero-order chi connectivity index (χ0) is 22.4. The van der Waals surface area contributed by atoms with E-state index in [1.54, 1.807) is 48.5 Å². The molecule has 0 aromatic heterocycles. The predicted octanol–water partition coefficient (Wildman–Crippen LogP) is 2.66. The van der Waals surface area contributed by atoms with Crippen LogP contribution in [0.15, 0.2) is 48.5 Å². The van der Waals surface area contributed by atoms with Crippen molar-refractivity contribution >= 4 is 21.8 Å². The number of benzene rings is 2. The first-order valence-corrected chi connectivity index (χ1v) is 11.5. The number of ether oxygens (including phenoxy) is 4. The van der Waals surface area contributed by atoms with E-state index in [1.807, 2.05) is 0 Å². The lowest BCUT2D eigenvalue weighted by Gasteiger charge is -2.17. The number of sulfone groups is 1. The molecule has 3 rings (SSSR count). The first kappa shape index (κ1) is 22.6. The third-order valence-electron chi connectivity index (χ3n) is 5.05. The van der Waals surface area contributed by atoms with Gasteiger partial charge in [-0.05, 0) is 36.1 Å². The van der Waals surface area contributed by atoms with Crippen molar-refractivity contribution in [1.29, 1.82) is 0 Å². The van der Waals surface area contributed by atoms with E-state index in [2.05, 4.69) is 0 Å². The lowest BCUT2D eigenvalue weighted by molar-refractivity contribution is -0.138. The van der Waals surface area contributed by atoms with Crippen molar-refractivity contribution in [1.82, 2.24) is 0 Å². The van der Waals surface area contributed by atoms with E-state index >= 15 is 0 Å². The highest BCUT2D eigenvalue weighted by Gasteiger charge is 2.40. The molecule has 1 heterocycles. The second kappa shape index (κ2) is 9.82. The maximum Gasteiger partial charge on any atom is 0.311 e. The summed E-state index contributed by atoms with van der Waals surface area (Å²) in [6.45, 7) is 0. The molecule has 9 heteroatoms. The molecule has 1 aliphatic rings. The third-order valence-corrected chi connectivity index (χ3v) is 6.92. The van der Waals surface area contributed by atoms with Crippen LogP contribution in [0.5, 0.6) is 23.0 Å². The highest BCUT2D eigenvalue weighted by Crippen LogP contribution is 2.34. The SMILES string of the molecule is COc1ccccc1OC(=O)CC1CS(=O)(=O)CC1CC(=O)Oc1ccccc1OC. The first-order valence-electron chi connectivity index (χ1n) is 9.69. The van der Waals surface area contributed by atoms with Crippen molar-refractivity contribution in [3.8, 4) is 23.0 Å². The standard InChI is InChI=1S/C22H24O8S/c1-27-17-7-3-5-9-19(17)29-21(23)11-15-13-31(25,26)14-16(15)12-22(24)30-20-10-6-4-8-18(20)28-2/h3-10,15-16H,11-14H2,1-2H3. The molecule has 1 saturated heterocycles. The van der Waals surface area contributed by atoms with Gasteiger partial charge in [0.1, 0.15) is 0 Å². The van der Waals surface area contributed by atoms with E-state index in [-0.39, 0.29) is 35.8 Å². The summed E-state index contributed by atoms with van der Waals surface area (Å²) in [6, 6.07) is 13.4. The van der Waals surface area contributed by atoms with Crippen LogP contribution in [0.1, 0.15) is 12.8 Å². The molecule has 0 bridgehead atoms. The molecule has 31 heavy (non-hydrogen) atoms. The average molecular weight is 448 g/mol. The molecule has 8 nitrogen and oxygen atoms in total. The molecule has 2 unspecified atom stereocenters. The normalized spacial score (nSPS) is 19.4. The molecule has 166 valence electrons. The maximum absolute atomic E-state index is 12.4. The molecular weight excluding hydrogens is 424 g/mol. The smallest absolute Gasteiger partial charge is 0.311 e. The van der Waals surface area contributed by atoms with Crippen molar-refractivity contribution in [3.05, 3.63) is 48.5 Å². The quantitative estimate of drug-likeness (QED) is 0.448. The Balaban J connectivity index is 1.65. The number of hydrogen-bond acceptors (Lipinski definition) is 8. The topological polar surface area (TPSA) is 105 Å². The number of esters is 2. The summed E-state index contributed by atoms with van der Waals surface area (Å²) >= 11 is 0. The van der Waals surface area contributed by atoms with Crippen molar-refractivity contribution in [2.75, 3.05) is 25.7 Å². The maximum atomic E-state index is 12.4. The second-order valence-electron chi connectivity index (χ2n) is 7.26. The molecule has 2 aromatic rings. The number of para-hydroxylation sites is 4. The van der Waals surface area contributed by atoms with Crippen molar-refractivity contribution in [3.63, 3.8) is 0 Å². The highest BCUT2D eigenvalue weighted by atomic mass is 32.2. The predicted molar refractivity (Wildman–Crippen MR) is 112 cm³/mol. The van der Waals surface area contributed by atoms with Gasteiger partial charge < -0.3 is 18.9 Å². The van der Waals surface area contributed by atoms with Gasteiger partial charge in [-0.3, -0.25) is 9.59 Å². The van der Waals surface area contributed by atoms with Gasteiger partial charge in [-0.1, -0.05) is 24.3 Å². The van der Waals surface area contributed by atoms with Gasteiger partial charge in [0.2, 0.25) is 0 Å². The molecule has 0 aliphatic carbocycles. The Hall–Kier alpha value is -3.07. The van der Waals surface area contributed by atoms with Crippen LogP contribution in [-0.4, -0.2) is 46.1 Å². The minimum absolute atomic E-state index is 0.135. The van der Waals surface area contributed by atoms with Crippen molar-refractivity contribution < 1.29 is 37.0 Å². The lowest BCUT2D eigenvalue weighted by Crippen LogP contribution is -2.23. The Morgan fingerprint density at radius 2 is 1.10 bits per heavy atom. The number of hydrogen-bond donors (Lipinski definition) is 0. The van der Waals surface area contributed by atoms with Crippen LogP contribution >= 0.6 is 0 Å². The van der Waals surface area contributed by atoms with Gasteiger partial charge in [-0.2, -0.15) is 0 Å². The Morgan fingerprint density at radius 3 is 1.45 bits per heavy atom. The average Bonchev–Trinajstić information content (AvgIpc) is 3.01. The summed E-state index contributed by atoms with van der Waals surface area (Å²) in [5, 5.41) is 0. The fourth-order valence-electron chi connectivity index (χ4n) is 3.61. The molecule has 0 radical (unpaired) electrons. The van der Waals surface area contributed by atoms with E-state index in [0.29, 0.717) is 11.5 Å². The molecule has 0 spiro atoms. The van der Waals surface area contributed by atoms with Crippen LogP contribution in [-0.2, 0) is 19.4 Å². The fourth-order valence-corrected chi connectivity index (χ4v) is 5.83. The summed E-state index contributed by atoms with van der Waals surface area (Å²) in [7, 11) is -0.456. The summed E-state index contributed by atoms with van der Waals surface area (Å²) in [4.78, 5) is 24.9. The van der Waals surface area contributed by atoms with Gasteiger partial charge in [0, 0.05) is 0 Å². The van der Waals surface area contributed by atoms with E-state index < -0.39 is 33.6 Å². The molecule has 0 saturated carbocycles. The summed E-state index contributed by atoms with van der Waals surface area (Å²) in [5.41, 5.74) is 0. The Morgan fingerprint density at radius 1 is 0.742 bits per heavy atom. The van der Waals surface area contributed by atoms with Crippen LogP contribution in [0.2, 0.25) is 0 Å². The number of rotatable bonds is 8. The molecule has 1 aliphatic heterocycles. The third kappa shape index (κ3) is 5.97. The van der Waals surface area contributed by atoms with Gasteiger partial charge in [-0.15, -0.1) is 0 Å². The van der Waals surface area contributed by atoms with E-state index in [1.165, 1.54) is 14.2 Å². The van der Waals surface area contributed by atoms with E-state index in [4.69, 9.17) is 18.9 Å². The van der Waals surface area contributed by atoms with Crippen LogP contribution in [0.3, 0.4) is 0 Å². The number of methoxy groups -OCH3 is 2. The summed E-state index contributed by atoms with van der Waals surface area (Å²) in [6.07, 6.45) is -0.270. The molecule has 1 fully saturated rings. The van der Waals surface area contributed by atoms with E-state index in [0.717, 1.165) is 0 Å². The van der Waals surface area contributed by atoms with Crippen LogP contribution < -0.4 is 18.9 Å². The molecule has 0 amide bonds. The lowest BCUT2D eigenvalue weighted by atomic mass is 9.90. The molecule has 2 aromatic carbocycles. The molecule has 2 atom stereocenters. The van der Waals surface area contributed by atoms with Crippen LogP contribution in [0.4, 0.5) is 0 Å². The minimum atomic E-state index is -3.37. The van der Waals surface area contributed by atoms with Crippen LogP contribution in [0, 0.1) is 11.8 Å². The van der Waals surface area contributed by atoms with Crippen molar-refractivity contribution in [2.24, 2.45) is 11.8 Å². The molecule has 0 N–H and O–H groups in total. The fraction of sp³-hybridized carbons (Fsp3) is 0.364. The summed E-state index contributed by atoms with van der Waals surface area (Å²) in [5.74, 6) is -1.33. The Labute approximate surface area is 181 Å². The number of carbonyl (C=O) groups excluding carboxylic acids is 2. The van der Waals surface area contributed by atoms with Crippen molar-refractivity contribution in [2.45, 2.75) is 12.8 Å². The Kier molecular flexibility index (Phi) is 7.17. The first-order chi connectivity index (χ1) is 14.8. The van der Waals surface area contributed by atoms with Gasteiger partial charge in [0.25, 0.3) is 0 Å². The molecular formula is C22H24O8S. The van der Waals surface area contributed by atoms with Gasteiger partial charge in [-0.25, -0.2) is 8.42 Å². The van der Waals surface area contributed by atoms with Gasteiger partial charge >= 0.3 is 11.9 Å². The minimum Gasteiger partial charge on any atom is -0.493 e. The largest absolute Gasteiger partial charge is 0.493 e. The van der Waals surface area contributed by atoms with Crippen LogP contribution in [0.25, 0.3) is 0 Å². The zero-order valence-corrected chi connectivity index (χ0v) is 18.1. The van der Waals surface area contributed by atoms with Gasteiger partial charge in [0.05, 0.1) is 38.6 Å². The zero-order valence-electron chi connectivity index (χ0n) is 17.3. The monoisotopic (exact) mass is 448 g/mol. The Bertz CT molecular complexity index is 969. The van der Waals surface area contributed by atoms with Gasteiger partial charge in [0.15, 0.2) is 32.8 Å². The summed E-state index contributed by atoms with van der Waals surface area (Å²) < 4.78 is 45.4. The number of carbonyl (C=O) groups is 2.